The summed E-state index contributed by atoms with van der Waals surface area (Å²) in [6.07, 6.45) is 0.962. The molecule has 0 radical (unpaired) electrons. The van der Waals surface area contributed by atoms with Crippen LogP contribution in [0.5, 0.6) is 0 Å². The third-order valence-corrected chi connectivity index (χ3v) is 3.44. The van der Waals surface area contributed by atoms with Gasteiger partial charge in [-0.1, -0.05) is 0 Å². The molecule has 2 heterocycles. The van der Waals surface area contributed by atoms with Crippen LogP contribution in [0.15, 0.2) is 18.2 Å². The van der Waals surface area contributed by atoms with Gasteiger partial charge in [-0.25, -0.2) is 4.79 Å². The molecule has 2 aliphatic heterocycles. The topological polar surface area (TPSA) is 52.6 Å². The van der Waals surface area contributed by atoms with E-state index in [2.05, 4.69) is 10.2 Å². The van der Waals surface area contributed by atoms with E-state index in [1.54, 1.807) is 6.07 Å². The van der Waals surface area contributed by atoms with Crippen LogP contribution in [-0.2, 0) is 6.42 Å². The van der Waals surface area contributed by atoms with Crippen molar-refractivity contribution in [2.45, 2.75) is 12.5 Å². The first-order valence-electron chi connectivity index (χ1n) is 5.59. The van der Waals surface area contributed by atoms with Gasteiger partial charge in [-0.15, -0.1) is 0 Å². The zero-order valence-electron chi connectivity index (χ0n) is 8.94. The Bertz CT molecular complexity index is 445. The molecule has 1 saturated heterocycles. The molecule has 2 aliphatic rings. The number of carboxylic acid groups (broad SMARTS) is 1. The monoisotopic (exact) mass is 218 g/mol. The van der Waals surface area contributed by atoms with Crippen LogP contribution in [0.1, 0.15) is 15.9 Å². The molecule has 1 unspecified atom stereocenters. The number of hydrogen-bond acceptors (Lipinski definition) is 3. The summed E-state index contributed by atoms with van der Waals surface area (Å²) in [5.41, 5.74) is 2.79. The first-order valence-corrected chi connectivity index (χ1v) is 5.59. The molecule has 1 aromatic carbocycles. The molecule has 4 nitrogen and oxygen atoms in total. The van der Waals surface area contributed by atoms with Gasteiger partial charge in [-0.05, 0) is 30.2 Å². The molecule has 0 aliphatic carbocycles. The molecule has 84 valence electrons. The van der Waals surface area contributed by atoms with Gasteiger partial charge in [0.1, 0.15) is 0 Å². The number of carbonyl (C=O) groups is 1. The summed E-state index contributed by atoms with van der Waals surface area (Å²) in [7, 11) is 0. The molecule has 0 spiro atoms. The third kappa shape index (κ3) is 1.38. The van der Waals surface area contributed by atoms with Crippen molar-refractivity contribution in [2.24, 2.45) is 0 Å². The predicted octanol–water partition coefficient (Wildman–Crippen LogP) is 0.719. The number of nitrogens with zero attached hydrogens (tertiary/aromatic N) is 1. The first-order chi connectivity index (χ1) is 7.75. The highest BCUT2D eigenvalue weighted by Gasteiger charge is 2.31. The van der Waals surface area contributed by atoms with Crippen molar-refractivity contribution in [1.29, 1.82) is 0 Å². The Morgan fingerprint density at radius 2 is 2.38 bits per heavy atom. The lowest BCUT2D eigenvalue weighted by Gasteiger charge is -2.32. The Labute approximate surface area is 93.9 Å². The van der Waals surface area contributed by atoms with E-state index in [1.165, 1.54) is 11.3 Å². The zero-order chi connectivity index (χ0) is 11.1. The number of rotatable bonds is 1. The molecule has 1 aromatic rings. The van der Waals surface area contributed by atoms with Crippen LogP contribution in [0.2, 0.25) is 0 Å². The van der Waals surface area contributed by atoms with Crippen LogP contribution >= 0.6 is 0 Å². The Balaban J connectivity index is 1.98. The quantitative estimate of drug-likeness (QED) is 0.729. The number of piperazine rings is 1. The summed E-state index contributed by atoms with van der Waals surface area (Å²) < 4.78 is 0. The minimum Gasteiger partial charge on any atom is -0.478 e. The fourth-order valence-electron chi connectivity index (χ4n) is 2.68. The maximum Gasteiger partial charge on any atom is 0.335 e. The van der Waals surface area contributed by atoms with E-state index in [-0.39, 0.29) is 0 Å². The number of benzene rings is 1. The maximum absolute atomic E-state index is 10.9. The first kappa shape index (κ1) is 9.66. The SMILES string of the molecule is O=C(O)c1ccc2c(c1)CC1CNCCN21. The summed E-state index contributed by atoms with van der Waals surface area (Å²) in [6, 6.07) is 5.97. The van der Waals surface area contributed by atoms with Crippen LogP contribution < -0.4 is 10.2 Å². The lowest BCUT2D eigenvalue weighted by Crippen LogP contribution is -2.49. The van der Waals surface area contributed by atoms with Gasteiger partial charge in [0.2, 0.25) is 0 Å². The van der Waals surface area contributed by atoms with Gasteiger partial charge in [0, 0.05) is 31.4 Å². The van der Waals surface area contributed by atoms with Crippen molar-refractivity contribution in [3.63, 3.8) is 0 Å². The largest absolute Gasteiger partial charge is 0.478 e. The number of aromatic carboxylic acids is 1. The Kier molecular flexibility index (Phi) is 2.11. The summed E-state index contributed by atoms with van der Waals surface area (Å²) in [5, 5.41) is 12.3. The highest BCUT2D eigenvalue weighted by atomic mass is 16.4. The number of anilines is 1. The minimum atomic E-state index is -0.842. The molecule has 0 bridgehead atoms. The van der Waals surface area contributed by atoms with Crippen molar-refractivity contribution in [2.75, 3.05) is 24.5 Å². The second-order valence-corrected chi connectivity index (χ2v) is 4.40. The van der Waals surface area contributed by atoms with Gasteiger partial charge < -0.3 is 15.3 Å². The smallest absolute Gasteiger partial charge is 0.335 e. The molecular formula is C12H14N2O2. The van der Waals surface area contributed by atoms with Crippen molar-refractivity contribution in [1.82, 2.24) is 5.32 Å². The second kappa shape index (κ2) is 3.49. The van der Waals surface area contributed by atoms with Crippen LogP contribution in [0.3, 0.4) is 0 Å². The molecule has 1 fully saturated rings. The van der Waals surface area contributed by atoms with Crippen LogP contribution in [-0.4, -0.2) is 36.8 Å². The molecule has 2 N–H and O–H groups in total. The number of fused-ring (bicyclic) bond motifs is 3. The number of hydrogen-bond donors (Lipinski definition) is 2. The van der Waals surface area contributed by atoms with Crippen molar-refractivity contribution < 1.29 is 9.90 Å². The van der Waals surface area contributed by atoms with E-state index in [0.29, 0.717) is 11.6 Å². The molecule has 16 heavy (non-hydrogen) atoms. The van der Waals surface area contributed by atoms with Gasteiger partial charge in [0.15, 0.2) is 0 Å². The summed E-state index contributed by atoms with van der Waals surface area (Å²) >= 11 is 0. The molecular weight excluding hydrogens is 204 g/mol. The van der Waals surface area contributed by atoms with Gasteiger partial charge in [0.25, 0.3) is 0 Å². The zero-order valence-corrected chi connectivity index (χ0v) is 8.94. The molecule has 0 amide bonds. The number of nitrogens with one attached hydrogen (secondary N) is 1. The fraction of sp³-hybridized carbons (Fsp3) is 0.417. The van der Waals surface area contributed by atoms with Crippen LogP contribution in [0, 0.1) is 0 Å². The van der Waals surface area contributed by atoms with E-state index in [4.69, 9.17) is 5.11 Å². The predicted molar refractivity (Wildman–Crippen MR) is 61.1 cm³/mol. The van der Waals surface area contributed by atoms with Gasteiger partial charge in [-0.2, -0.15) is 0 Å². The molecule has 4 heteroatoms. The third-order valence-electron chi connectivity index (χ3n) is 3.44. The molecule has 0 saturated carbocycles. The van der Waals surface area contributed by atoms with Crippen molar-refractivity contribution in [3.05, 3.63) is 29.3 Å². The number of carboxylic acids is 1. The van der Waals surface area contributed by atoms with E-state index < -0.39 is 5.97 Å². The summed E-state index contributed by atoms with van der Waals surface area (Å²) in [4.78, 5) is 13.3. The van der Waals surface area contributed by atoms with E-state index in [0.717, 1.165) is 26.1 Å². The van der Waals surface area contributed by atoms with Gasteiger partial charge in [0.05, 0.1) is 5.56 Å². The van der Waals surface area contributed by atoms with Crippen molar-refractivity contribution in [3.8, 4) is 0 Å². The Morgan fingerprint density at radius 1 is 1.50 bits per heavy atom. The summed E-state index contributed by atoms with van der Waals surface area (Å²) in [5.74, 6) is -0.842. The van der Waals surface area contributed by atoms with Crippen molar-refractivity contribution >= 4 is 11.7 Å². The standard InChI is InChI=1S/C12H14N2O2/c15-12(16)8-1-2-11-9(5-8)6-10-7-13-3-4-14(10)11/h1-2,5,10,13H,3-4,6-7H2,(H,15,16). The van der Waals surface area contributed by atoms with Crippen LogP contribution in [0.4, 0.5) is 5.69 Å². The highest BCUT2D eigenvalue weighted by molar-refractivity contribution is 5.89. The van der Waals surface area contributed by atoms with E-state index in [1.807, 2.05) is 12.1 Å². The highest BCUT2D eigenvalue weighted by Crippen LogP contribution is 2.33. The van der Waals surface area contributed by atoms with Gasteiger partial charge in [-0.3, -0.25) is 0 Å². The Morgan fingerprint density at radius 3 is 3.19 bits per heavy atom. The fourth-order valence-corrected chi connectivity index (χ4v) is 2.68. The molecule has 1 atom stereocenters. The molecule has 0 aromatic heterocycles. The summed E-state index contributed by atoms with van der Waals surface area (Å²) in [6.45, 7) is 3.03. The van der Waals surface area contributed by atoms with Gasteiger partial charge >= 0.3 is 5.97 Å². The average Bonchev–Trinajstić information content (AvgIpc) is 2.66. The molecule has 3 rings (SSSR count). The minimum absolute atomic E-state index is 0.395. The van der Waals surface area contributed by atoms with E-state index >= 15 is 0 Å². The Hall–Kier alpha value is -1.55. The lowest BCUT2D eigenvalue weighted by molar-refractivity contribution is 0.0697. The average molecular weight is 218 g/mol. The lowest BCUT2D eigenvalue weighted by atomic mass is 10.1. The van der Waals surface area contributed by atoms with Crippen LogP contribution in [0.25, 0.3) is 0 Å². The normalized spacial score (nSPS) is 22.8. The second-order valence-electron chi connectivity index (χ2n) is 4.40. The van der Waals surface area contributed by atoms with E-state index in [9.17, 15) is 4.79 Å². The maximum atomic E-state index is 10.9.